The number of aliphatic imine (C=N–C) groups is 1. The number of likely N-dealkylation sites (N-methyl/N-ethyl adjacent to an activating group) is 1. The topological polar surface area (TPSA) is 66.0 Å². The van der Waals surface area contributed by atoms with Gasteiger partial charge in [-0.2, -0.15) is 0 Å². The molecule has 170 valence electrons. The van der Waals surface area contributed by atoms with Crippen LogP contribution in [0.25, 0.3) is 0 Å². The number of halogens is 1. The summed E-state index contributed by atoms with van der Waals surface area (Å²) in [5, 5.41) is 6.77. The predicted octanol–water partition coefficient (Wildman–Crippen LogP) is 3.81. The van der Waals surface area contributed by atoms with Crippen LogP contribution in [0.15, 0.2) is 35.3 Å². The molecule has 0 aromatic heterocycles. The number of rotatable bonds is 11. The highest BCUT2D eigenvalue weighted by Gasteiger charge is 2.33. The smallest absolute Gasteiger partial charge is 0.244 e. The lowest BCUT2D eigenvalue weighted by atomic mass is 9.83. The first kappa shape index (κ1) is 26.7. The summed E-state index contributed by atoms with van der Waals surface area (Å²) in [6.45, 7) is 7.93. The fourth-order valence-corrected chi connectivity index (χ4v) is 4.00. The molecule has 0 bridgehead atoms. The first-order chi connectivity index (χ1) is 14.1. The van der Waals surface area contributed by atoms with Crippen molar-refractivity contribution < 1.29 is 9.53 Å². The van der Waals surface area contributed by atoms with E-state index in [0.29, 0.717) is 13.1 Å². The number of carbonyl (C=O) groups is 1. The molecule has 0 spiro atoms. The molecule has 1 amide bonds. The third-order valence-electron chi connectivity index (χ3n) is 5.80. The monoisotopic (exact) mass is 530 g/mol. The third-order valence-corrected chi connectivity index (χ3v) is 5.80. The molecular formula is C23H39IN4O2. The molecule has 2 N–H and O–H groups in total. The minimum absolute atomic E-state index is 0. The molecular weight excluding hydrogens is 491 g/mol. The zero-order valence-electron chi connectivity index (χ0n) is 18.8. The highest BCUT2D eigenvalue weighted by atomic mass is 127. The van der Waals surface area contributed by atoms with Crippen LogP contribution >= 0.6 is 24.0 Å². The lowest BCUT2D eigenvalue weighted by molar-refractivity contribution is -0.130. The van der Waals surface area contributed by atoms with Crippen molar-refractivity contribution in [1.82, 2.24) is 15.5 Å². The third kappa shape index (κ3) is 8.79. The molecule has 0 saturated heterocycles. The number of benzene rings is 1. The second-order valence-electron chi connectivity index (χ2n) is 7.89. The van der Waals surface area contributed by atoms with Gasteiger partial charge in [-0.05, 0) is 44.1 Å². The molecule has 1 aliphatic carbocycles. The number of guanidine groups is 1. The summed E-state index contributed by atoms with van der Waals surface area (Å²) in [6.07, 6.45) is 6.07. The first-order valence-corrected chi connectivity index (χ1v) is 11.0. The lowest BCUT2D eigenvalue weighted by Gasteiger charge is -2.30. The van der Waals surface area contributed by atoms with Gasteiger partial charge in [-0.15, -0.1) is 24.0 Å². The van der Waals surface area contributed by atoms with Crippen LogP contribution in [0, 0.1) is 5.41 Å². The van der Waals surface area contributed by atoms with E-state index in [1.54, 1.807) is 7.11 Å². The highest BCUT2D eigenvalue weighted by Crippen LogP contribution is 2.40. The highest BCUT2D eigenvalue weighted by molar-refractivity contribution is 14.0. The Morgan fingerprint density at radius 3 is 2.47 bits per heavy atom. The Kier molecular flexibility index (Phi) is 13.0. The largest absolute Gasteiger partial charge is 0.385 e. The van der Waals surface area contributed by atoms with E-state index in [2.05, 4.69) is 15.6 Å². The number of nitrogens with one attached hydrogen (secondary N) is 2. The molecule has 1 saturated carbocycles. The van der Waals surface area contributed by atoms with Crippen LogP contribution < -0.4 is 10.6 Å². The van der Waals surface area contributed by atoms with Crippen molar-refractivity contribution >= 4 is 35.8 Å². The zero-order chi connectivity index (χ0) is 21.0. The Morgan fingerprint density at radius 1 is 1.17 bits per heavy atom. The SMILES string of the molecule is CCNC(=NCC(=O)N(CC)Cc1ccccc1)NCC1(CCOC)CCCC1.I. The van der Waals surface area contributed by atoms with Crippen molar-refractivity contribution in [3.05, 3.63) is 35.9 Å². The minimum atomic E-state index is 0. The van der Waals surface area contributed by atoms with Crippen LogP contribution in [0.2, 0.25) is 0 Å². The summed E-state index contributed by atoms with van der Waals surface area (Å²) in [5.41, 5.74) is 1.41. The van der Waals surface area contributed by atoms with E-state index in [-0.39, 0.29) is 41.8 Å². The number of hydrogen-bond acceptors (Lipinski definition) is 3. The lowest BCUT2D eigenvalue weighted by Crippen LogP contribution is -2.44. The molecule has 0 heterocycles. The molecule has 30 heavy (non-hydrogen) atoms. The quantitative estimate of drug-likeness (QED) is 0.260. The van der Waals surface area contributed by atoms with Gasteiger partial charge in [-0.25, -0.2) is 4.99 Å². The Hall–Kier alpha value is -1.35. The van der Waals surface area contributed by atoms with Gasteiger partial charge in [0.25, 0.3) is 0 Å². The molecule has 1 fully saturated rings. The van der Waals surface area contributed by atoms with Crippen molar-refractivity contribution in [3.63, 3.8) is 0 Å². The van der Waals surface area contributed by atoms with Gasteiger partial charge in [-0.1, -0.05) is 43.2 Å². The second kappa shape index (κ2) is 14.6. The summed E-state index contributed by atoms with van der Waals surface area (Å²) < 4.78 is 5.33. The van der Waals surface area contributed by atoms with Crippen LogP contribution in [0.4, 0.5) is 0 Å². The fraction of sp³-hybridized carbons (Fsp3) is 0.652. The molecule has 0 atom stereocenters. The zero-order valence-corrected chi connectivity index (χ0v) is 21.1. The molecule has 1 aromatic rings. The van der Waals surface area contributed by atoms with E-state index in [1.165, 1.54) is 25.7 Å². The van der Waals surface area contributed by atoms with Crippen molar-refractivity contribution in [3.8, 4) is 0 Å². The first-order valence-electron chi connectivity index (χ1n) is 11.0. The number of nitrogens with zero attached hydrogens (tertiary/aromatic N) is 2. The Balaban J connectivity index is 0.00000450. The van der Waals surface area contributed by atoms with Crippen LogP contribution in [0.3, 0.4) is 0 Å². The van der Waals surface area contributed by atoms with Crippen molar-refractivity contribution in [2.75, 3.05) is 39.9 Å². The Bertz CT molecular complexity index is 633. The van der Waals surface area contributed by atoms with Gasteiger partial charge in [0.1, 0.15) is 6.54 Å². The molecule has 1 aromatic carbocycles. The van der Waals surface area contributed by atoms with E-state index < -0.39 is 0 Å². The van der Waals surface area contributed by atoms with Crippen LogP contribution in [-0.2, 0) is 16.1 Å². The summed E-state index contributed by atoms with van der Waals surface area (Å²) in [7, 11) is 1.77. The van der Waals surface area contributed by atoms with Crippen molar-refractivity contribution in [2.24, 2.45) is 10.4 Å². The number of carbonyl (C=O) groups excluding carboxylic acids is 1. The van der Waals surface area contributed by atoms with Gasteiger partial charge in [0.2, 0.25) is 5.91 Å². The second-order valence-corrected chi connectivity index (χ2v) is 7.89. The van der Waals surface area contributed by atoms with Gasteiger partial charge in [0, 0.05) is 39.9 Å². The maximum absolute atomic E-state index is 12.7. The standard InChI is InChI=1S/C23H38N4O2.HI/c1-4-24-22(26-19-23(15-16-29-3)13-9-10-14-23)25-17-21(28)27(5-2)18-20-11-7-6-8-12-20;/h6-8,11-12H,4-5,9-10,13-19H2,1-3H3,(H2,24,25,26);1H. The Labute approximate surface area is 199 Å². The van der Waals surface area contributed by atoms with Crippen LogP contribution in [0.1, 0.15) is 51.5 Å². The average molecular weight is 530 g/mol. The van der Waals surface area contributed by atoms with E-state index in [4.69, 9.17) is 4.74 Å². The average Bonchev–Trinajstić information content (AvgIpc) is 3.22. The summed E-state index contributed by atoms with van der Waals surface area (Å²) in [4.78, 5) is 19.1. The fourth-order valence-electron chi connectivity index (χ4n) is 4.00. The number of ether oxygens (including phenoxy) is 1. The summed E-state index contributed by atoms with van der Waals surface area (Å²) >= 11 is 0. The van der Waals surface area contributed by atoms with Crippen molar-refractivity contribution in [1.29, 1.82) is 0 Å². The predicted molar refractivity (Wildman–Crippen MR) is 134 cm³/mol. The number of amides is 1. The molecule has 7 heteroatoms. The van der Waals surface area contributed by atoms with Gasteiger partial charge >= 0.3 is 0 Å². The Morgan fingerprint density at radius 2 is 1.87 bits per heavy atom. The molecule has 0 unspecified atom stereocenters. The van der Waals surface area contributed by atoms with E-state index in [1.807, 2.05) is 49.1 Å². The van der Waals surface area contributed by atoms with E-state index in [0.717, 1.165) is 37.6 Å². The molecule has 6 nitrogen and oxygen atoms in total. The van der Waals surface area contributed by atoms with E-state index >= 15 is 0 Å². The van der Waals surface area contributed by atoms with E-state index in [9.17, 15) is 4.79 Å². The van der Waals surface area contributed by atoms with Gasteiger partial charge < -0.3 is 20.3 Å². The van der Waals surface area contributed by atoms with Crippen molar-refractivity contribution in [2.45, 2.75) is 52.5 Å². The molecule has 0 radical (unpaired) electrons. The summed E-state index contributed by atoms with van der Waals surface area (Å²) in [5.74, 6) is 0.767. The van der Waals surface area contributed by atoms with Gasteiger partial charge in [0.15, 0.2) is 5.96 Å². The molecule has 1 aliphatic rings. The molecule has 0 aliphatic heterocycles. The maximum Gasteiger partial charge on any atom is 0.244 e. The van der Waals surface area contributed by atoms with Crippen LogP contribution in [-0.4, -0.2) is 56.7 Å². The number of methoxy groups -OCH3 is 1. The normalized spacial score (nSPS) is 15.4. The van der Waals surface area contributed by atoms with Gasteiger partial charge in [-0.3, -0.25) is 4.79 Å². The number of hydrogen-bond donors (Lipinski definition) is 2. The molecule has 2 rings (SSSR count). The minimum Gasteiger partial charge on any atom is -0.385 e. The maximum atomic E-state index is 12.7. The summed E-state index contributed by atoms with van der Waals surface area (Å²) in [6, 6.07) is 10.1. The van der Waals surface area contributed by atoms with Crippen LogP contribution in [0.5, 0.6) is 0 Å². The van der Waals surface area contributed by atoms with Gasteiger partial charge in [0.05, 0.1) is 0 Å².